The van der Waals surface area contributed by atoms with Crippen LogP contribution in [0.1, 0.15) is 13.3 Å². The predicted octanol–water partition coefficient (Wildman–Crippen LogP) is 2.26. The van der Waals surface area contributed by atoms with Crippen LogP contribution in [0.3, 0.4) is 0 Å². The van der Waals surface area contributed by atoms with Gasteiger partial charge in [-0.2, -0.15) is 4.98 Å². The summed E-state index contributed by atoms with van der Waals surface area (Å²) in [5.74, 6) is -3.30. The highest BCUT2D eigenvalue weighted by atomic mass is 19.3. The van der Waals surface area contributed by atoms with Gasteiger partial charge in [-0.25, -0.2) is 27.4 Å². The largest absolute Gasteiger partial charge is 0.378 e. The number of piperidine rings is 1. The fourth-order valence-electron chi connectivity index (χ4n) is 4.78. The maximum Gasteiger partial charge on any atom is 0.280 e. The lowest BCUT2D eigenvalue weighted by Crippen LogP contribution is -2.61. The molecule has 0 radical (unpaired) electrons. The zero-order valence-electron chi connectivity index (χ0n) is 19.7. The van der Waals surface area contributed by atoms with Gasteiger partial charge in [-0.05, 0) is 25.5 Å². The average Bonchev–Trinajstić information content (AvgIpc) is 3.38. The second kappa shape index (κ2) is 8.55. The Bertz CT molecular complexity index is 1430. The highest BCUT2D eigenvalue weighted by molar-refractivity contribution is 5.89. The third-order valence-corrected chi connectivity index (χ3v) is 6.81. The molecule has 2 aliphatic heterocycles. The SMILES string of the molecule is CCn1nnc2ccc(-c3c(F)cn4nc(N[C@@H]5CCN(C6COC6)CC5(F)F)nc(NC)c34)nc21. The van der Waals surface area contributed by atoms with Crippen molar-refractivity contribution in [2.75, 3.05) is 44.0 Å². The molecule has 2 saturated heterocycles. The number of rotatable bonds is 6. The van der Waals surface area contributed by atoms with E-state index in [1.54, 1.807) is 28.8 Å². The van der Waals surface area contributed by atoms with Crippen LogP contribution in [0.5, 0.6) is 0 Å². The van der Waals surface area contributed by atoms with E-state index in [2.05, 4.69) is 36.0 Å². The zero-order chi connectivity index (χ0) is 25.0. The Morgan fingerprint density at radius 3 is 2.75 bits per heavy atom. The molecule has 2 N–H and O–H groups in total. The van der Waals surface area contributed by atoms with Crippen molar-refractivity contribution in [3.63, 3.8) is 0 Å². The quantitative estimate of drug-likeness (QED) is 0.410. The van der Waals surface area contributed by atoms with Gasteiger partial charge in [0.05, 0.1) is 49.3 Å². The summed E-state index contributed by atoms with van der Waals surface area (Å²) in [5, 5.41) is 18.1. The van der Waals surface area contributed by atoms with Gasteiger partial charge >= 0.3 is 0 Å². The van der Waals surface area contributed by atoms with Crippen molar-refractivity contribution in [2.24, 2.45) is 0 Å². The lowest BCUT2D eigenvalue weighted by molar-refractivity contribution is -0.131. The third-order valence-electron chi connectivity index (χ3n) is 6.81. The number of aryl methyl sites for hydroxylation is 1. The van der Waals surface area contributed by atoms with Gasteiger partial charge in [-0.3, -0.25) is 4.90 Å². The maximum atomic E-state index is 15.2. The number of fused-ring (bicyclic) bond motifs is 2. The molecule has 4 aromatic heterocycles. The molecule has 0 aromatic carbocycles. The van der Waals surface area contributed by atoms with E-state index in [0.29, 0.717) is 48.7 Å². The van der Waals surface area contributed by atoms with Crippen molar-refractivity contribution in [3.8, 4) is 11.3 Å². The Kier molecular flexibility index (Phi) is 5.44. The summed E-state index contributed by atoms with van der Waals surface area (Å²) < 4.78 is 53.2. The molecule has 6 rings (SSSR count). The smallest absolute Gasteiger partial charge is 0.280 e. The van der Waals surface area contributed by atoms with E-state index in [9.17, 15) is 8.78 Å². The summed E-state index contributed by atoms with van der Waals surface area (Å²) >= 11 is 0. The minimum absolute atomic E-state index is 0.0184. The summed E-state index contributed by atoms with van der Waals surface area (Å²) in [7, 11) is 1.63. The highest BCUT2D eigenvalue weighted by Gasteiger charge is 2.47. The molecule has 14 heteroatoms. The van der Waals surface area contributed by atoms with E-state index >= 15 is 4.39 Å². The topological polar surface area (TPSA) is 110 Å². The first-order chi connectivity index (χ1) is 17.4. The Morgan fingerprint density at radius 2 is 2.06 bits per heavy atom. The van der Waals surface area contributed by atoms with Crippen molar-refractivity contribution < 1.29 is 17.9 Å². The molecule has 2 aliphatic rings. The Morgan fingerprint density at radius 1 is 1.22 bits per heavy atom. The first kappa shape index (κ1) is 22.9. The molecule has 190 valence electrons. The molecule has 4 aromatic rings. The van der Waals surface area contributed by atoms with Gasteiger partial charge in [0.15, 0.2) is 17.3 Å². The number of hydrogen-bond acceptors (Lipinski definition) is 9. The fourth-order valence-corrected chi connectivity index (χ4v) is 4.78. The molecule has 11 nitrogen and oxygen atoms in total. The summed E-state index contributed by atoms with van der Waals surface area (Å²) in [5.41, 5.74) is 2.02. The molecule has 0 amide bonds. The lowest BCUT2D eigenvalue weighted by atomic mass is 9.98. The fraction of sp³-hybridized carbons (Fsp3) is 0.500. The number of hydrogen-bond donors (Lipinski definition) is 2. The van der Waals surface area contributed by atoms with E-state index in [0.717, 1.165) is 0 Å². The Labute approximate surface area is 203 Å². The van der Waals surface area contributed by atoms with Gasteiger partial charge in [0.25, 0.3) is 5.92 Å². The van der Waals surface area contributed by atoms with Gasteiger partial charge in [-0.1, -0.05) is 5.21 Å². The number of aromatic nitrogens is 7. The molecular formula is C22H25F3N10O. The lowest BCUT2D eigenvalue weighted by Gasteiger charge is -2.44. The molecule has 0 saturated carbocycles. The van der Waals surface area contributed by atoms with Crippen molar-refractivity contribution in [1.29, 1.82) is 0 Å². The van der Waals surface area contributed by atoms with Crippen LogP contribution < -0.4 is 10.6 Å². The normalized spacial score (nSPS) is 20.6. The van der Waals surface area contributed by atoms with Crippen LogP contribution in [0.15, 0.2) is 18.3 Å². The first-order valence-corrected chi connectivity index (χ1v) is 11.8. The van der Waals surface area contributed by atoms with E-state index in [1.165, 1.54) is 10.7 Å². The van der Waals surface area contributed by atoms with E-state index in [4.69, 9.17) is 4.74 Å². The van der Waals surface area contributed by atoms with Crippen LogP contribution in [0.25, 0.3) is 27.9 Å². The molecule has 0 aliphatic carbocycles. The molecule has 0 unspecified atom stereocenters. The Hall–Kier alpha value is -3.52. The number of nitrogens with zero attached hydrogens (tertiary/aromatic N) is 8. The van der Waals surface area contributed by atoms with Crippen molar-refractivity contribution >= 4 is 28.4 Å². The van der Waals surface area contributed by atoms with Crippen LogP contribution in [-0.2, 0) is 11.3 Å². The van der Waals surface area contributed by atoms with Crippen molar-refractivity contribution in [2.45, 2.75) is 37.9 Å². The monoisotopic (exact) mass is 502 g/mol. The molecule has 1 atom stereocenters. The van der Waals surface area contributed by atoms with E-state index in [1.807, 2.05) is 6.92 Å². The molecule has 36 heavy (non-hydrogen) atoms. The Balaban J connectivity index is 1.34. The number of anilines is 2. The van der Waals surface area contributed by atoms with Gasteiger partial charge in [-0.15, -0.1) is 10.2 Å². The van der Waals surface area contributed by atoms with E-state index < -0.39 is 17.8 Å². The van der Waals surface area contributed by atoms with Gasteiger partial charge in [0.1, 0.15) is 11.0 Å². The van der Waals surface area contributed by atoms with E-state index in [-0.39, 0.29) is 36.3 Å². The van der Waals surface area contributed by atoms with Crippen LogP contribution in [0, 0.1) is 5.82 Å². The third kappa shape index (κ3) is 3.71. The summed E-state index contributed by atoms with van der Waals surface area (Å²) in [4.78, 5) is 10.7. The molecule has 6 heterocycles. The average molecular weight is 503 g/mol. The van der Waals surface area contributed by atoms with Crippen molar-refractivity contribution in [1.82, 2.24) is 39.5 Å². The van der Waals surface area contributed by atoms with Crippen molar-refractivity contribution in [3.05, 3.63) is 24.1 Å². The maximum absolute atomic E-state index is 15.2. The van der Waals surface area contributed by atoms with Crippen LogP contribution in [0.4, 0.5) is 24.9 Å². The number of pyridine rings is 1. The zero-order valence-corrected chi connectivity index (χ0v) is 19.7. The number of likely N-dealkylation sites (tertiary alicyclic amines) is 1. The van der Waals surface area contributed by atoms with Crippen LogP contribution in [-0.4, -0.2) is 90.8 Å². The molecular weight excluding hydrogens is 477 g/mol. The van der Waals surface area contributed by atoms with Gasteiger partial charge in [0.2, 0.25) is 5.95 Å². The number of alkyl halides is 2. The second-order valence-corrected chi connectivity index (χ2v) is 9.03. The molecule has 0 bridgehead atoms. The number of halogens is 3. The number of nitrogens with one attached hydrogen (secondary N) is 2. The highest BCUT2D eigenvalue weighted by Crippen LogP contribution is 2.35. The molecule has 2 fully saturated rings. The summed E-state index contributed by atoms with van der Waals surface area (Å²) in [6, 6.07) is 2.27. The summed E-state index contributed by atoms with van der Waals surface area (Å²) in [6.07, 6.45) is 1.41. The number of ether oxygens (including phenoxy) is 1. The molecule has 0 spiro atoms. The van der Waals surface area contributed by atoms with Gasteiger partial charge in [0, 0.05) is 20.1 Å². The predicted molar refractivity (Wildman–Crippen MR) is 126 cm³/mol. The standard InChI is InChI=1S/C22H25F3N10O/c1-3-34-20-15(30-32-34)5-4-14(27-20)17-13(23)8-35-18(17)19(26-2)29-21(31-35)28-16-6-7-33(11-22(16,24)25)12-9-36-10-12/h4-5,8,12,16H,3,6-7,9-11H2,1-2H3,(H2,26,28,29,31)/t16-/m1/s1. The minimum atomic E-state index is -2.99. The summed E-state index contributed by atoms with van der Waals surface area (Å²) in [6.45, 7) is 3.60. The first-order valence-electron chi connectivity index (χ1n) is 11.8. The van der Waals surface area contributed by atoms with Crippen LogP contribution >= 0.6 is 0 Å². The van der Waals surface area contributed by atoms with Gasteiger partial charge < -0.3 is 15.4 Å². The van der Waals surface area contributed by atoms with Crippen LogP contribution in [0.2, 0.25) is 0 Å². The minimum Gasteiger partial charge on any atom is -0.378 e. The second-order valence-electron chi connectivity index (χ2n) is 9.03.